The standard InChI is InChI=1S/C17H20N2S/c1-4-14-6-5-7-15(12-14)18-17(20)19(3)16-10-8-13(2)9-11-16/h5-12H,4H2,1-3H3,(H,18,20). The molecule has 0 atom stereocenters. The smallest absolute Gasteiger partial charge is 0.177 e. The normalized spacial score (nSPS) is 10.2. The Labute approximate surface area is 126 Å². The van der Waals surface area contributed by atoms with Crippen LogP contribution >= 0.6 is 12.2 Å². The number of nitrogens with zero attached hydrogens (tertiary/aromatic N) is 1. The van der Waals surface area contributed by atoms with Crippen LogP contribution in [-0.4, -0.2) is 12.2 Å². The van der Waals surface area contributed by atoms with Crippen molar-refractivity contribution in [3.05, 3.63) is 59.7 Å². The highest BCUT2D eigenvalue weighted by Crippen LogP contribution is 2.16. The third kappa shape index (κ3) is 3.58. The van der Waals surface area contributed by atoms with Crippen LogP contribution in [0.15, 0.2) is 48.5 Å². The topological polar surface area (TPSA) is 15.3 Å². The Kier molecular flexibility index (Phi) is 4.74. The summed E-state index contributed by atoms with van der Waals surface area (Å²) in [7, 11) is 1.98. The van der Waals surface area contributed by atoms with Crippen LogP contribution in [-0.2, 0) is 6.42 Å². The van der Waals surface area contributed by atoms with Gasteiger partial charge in [0.05, 0.1) is 0 Å². The van der Waals surface area contributed by atoms with Crippen molar-refractivity contribution >= 4 is 28.7 Å². The number of benzene rings is 2. The van der Waals surface area contributed by atoms with Gasteiger partial charge in [-0.25, -0.2) is 0 Å². The van der Waals surface area contributed by atoms with Crippen molar-refractivity contribution in [3.63, 3.8) is 0 Å². The molecule has 0 saturated carbocycles. The maximum Gasteiger partial charge on any atom is 0.177 e. The number of thiocarbonyl (C=S) groups is 1. The van der Waals surface area contributed by atoms with Gasteiger partial charge in [-0.3, -0.25) is 0 Å². The predicted octanol–water partition coefficient (Wildman–Crippen LogP) is 4.39. The third-order valence-corrected chi connectivity index (χ3v) is 3.69. The van der Waals surface area contributed by atoms with E-state index in [0.717, 1.165) is 17.8 Å². The van der Waals surface area contributed by atoms with Gasteiger partial charge in [0.15, 0.2) is 5.11 Å². The summed E-state index contributed by atoms with van der Waals surface area (Å²) in [5, 5.41) is 3.98. The molecule has 0 spiro atoms. The first-order valence-electron chi connectivity index (χ1n) is 6.80. The molecule has 0 aromatic heterocycles. The van der Waals surface area contributed by atoms with Crippen molar-refractivity contribution in [1.29, 1.82) is 0 Å². The molecular weight excluding hydrogens is 264 g/mol. The minimum atomic E-state index is 0.696. The van der Waals surface area contributed by atoms with Crippen LogP contribution in [0.25, 0.3) is 0 Å². The molecule has 0 aliphatic heterocycles. The largest absolute Gasteiger partial charge is 0.332 e. The monoisotopic (exact) mass is 284 g/mol. The van der Waals surface area contributed by atoms with Gasteiger partial charge in [0.1, 0.15) is 0 Å². The molecule has 104 valence electrons. The highest BCUT2D eigenvalue weighted by atomic mass is 32.1. The van der Waals surface area contributed by atoms with Crippen molar-refractivity contribution in [2.24, 2.45) is 0 Å². The van der Waals surface area contributed by atoms with Crippen LogP contribution < -0.4 is 10.2 Å². The average Bonchev–Trinajstić information content (AvgIpc) is 2.47. The minimum Gasteiger partial charge on any atom is -0.332 e. The van der Waals surface area contributed by atoms with E-state index in [1.165, 1.54) is 11.1 Å². The molecule has 2 rings (SSSR count). The van der Waals surface area contributed by atoms with Crippen molar-refractivity contribution in [2.45, 2.75) is 20.3 Å². The molecule has 0 unspecified atom stereocenters. The van der Waals surface area contributed by atoms with Gasteiger partial charge in [-0.2, -0.15) is 0 Å². The predicted molar refractivity (Wildman–Crippen MR) is 91.6 cm³/mol. The fourth-order valence-electron chi connectivity index (χ4n) is 1.96. The first kappa shape index (κ1) is 14.5. The molecule has 1 N–H and O–H groups in total. The summed E-state index contributed by atoms with van der Waals surface area (Å²) in [6.45, 7) is 4.23. The van der Waals surface area contributed by atoms with Gasteiger partial charge in [-0.15, -0.1) is 0 Å². The lowest BCUT2D eigenvalue weighted by molar-refractivity contribution is 1.14. The second-order valence-corrected chi connectivity index (χ2v) is 5.27. The van der Waals surface area contributed by atoms with Crippen LogP contribution in [0.3, 0.4) is 0 Å². The summed E-state index contributed by atoms with van der Waals surface area (Å²) in [4.78, 5) is 1.98. The van der Waals surface area contributed by atoms with E-state index in [9.17, 15) is 0 Å². The van der Waals surface area contributed by atoms with Crippen LogP contribution in [0, 0.1) is 6.92 Å². The van der Waals surface area contributed by atoms with Crippen molar-refractivity contribution in [3.8, 4) is 0 Å². The van der Waals surface area contributed by atoms with E-state index in [4.69, 9.17) is 12.2 Å². The second-order valence-electron chi connectivity index (χ2n) is 4.88. The lowest BCUT2D eigenvalue weighted by Crippen LogP contribution is -2.30. The van der Waals surface area contributed by atoms with E-state index in [0.29, 0.717) is 5.11 Å². The van der Waals surface area contributed by atoms with Gasteiger partial charge in [-0.05, 0) is 55.4 Å². The number of aryl methyl sites for hydroxylation is 2. The summed E-state index contributed by atoms with van der Waals surface area (Å²) < 4.78 is 0. The van der Waals surface area contributed by atoms with Gasteiger partial charge in [0.2, 0.25) is 0 Å². The molecule has 20 heavy (non-hydrogen) atoms. The lowest BCUT2D eigenvalue weighted by Gasteiger charge is -2.21. The SMILES string of the molecule is CCc1cccc(NC(=S)N(C)c2ccc(C)cc2)c1. The van der Waals surface area contributed by atoms with Crippen LogP contribution in [0.2, 0.25) is 0 Å². The summed E-state index contributed by atoms with van der Waals surface area (Å²) in [6, 6.07) is 16.7. The maximum atomic E-state index is 5.47. The van der Waals surface area contributed by atoms with E-state index in [1.807, 2.05) is 18.0 Å². The first-order valence-corrected chi connectivity index (χ1v) is 7.21. The number of anilines is 2. The molecule has 0 aliphatic rings. The molecular formula is C17H20N2S. The number of hydrogen-bond acceptors (Lipinski definition) is 1. The average molecular weight is 284 g/mol. The fraction of sp³-hybridized carbons (Fsp3) is 0.235. The maximum absolute atomic E-state index is 5.47. The van der Waals surface area contributed by atoms with E-state index < -0.39 is 0 Å². The molecule has 2 nitrogen and oxygen atoms in total. The molecule has 0 bridgehead atoms. The molecule has 0 aliphatic carbocycles. The van der Waals surface area contributed by atoms with Crippen LogP contribution in [0.4, 0.5) is 11.4 Å². The van der Waals surface area contributed by atoms with Crippen LogP contribution in [0.1, 0.15) is 18.1 Å². The number of rotatable bonds is 3. The Hall–Kier alpha value is -1.87. The molecule has 0 heterocycles. The minimum absolute atomic E-state index is 0.696. The van der Waals surface area contributed by atoms with Crippen molar-refractivity contribution in [1.82, 2.24) is 0 Å². The fourth-order valence-corrected chi connectivity index (χ4v) is 2.19. The summed E-state index contributed by atoms with van der Waals surface area (Å²) in [6.07, 6.45) is 1.02. The van der Waals surface area contributed by atoms with Gasteiger partial charge >= 0.3 is 0 Å². The number of hydrogen-bond donors (Lipinski definition) is 1. The molecule has 0 amide bonds. The number of nitrogens with one attached hydrogen (secondary N) is 1. The summed E-state index contributed by atoms with van der Waals surface area (Å²) >= 11 is 5.47. The lowest BCUT2D eigenvalue weighted by atomic mass is 10.1. The highest BCUT2D eigenvalue weighted by Gasteiger charge is 2.07. The molecule has 0 saturated heterocycles. The summed E-state index contributed by atoms with van der Waals surface area (Å²) in [5.74, 6) is 0. The Morgan fingerprint density at radius 3 is 2.50 bits per heavy atom. The van der Waals surface area contributed by atoms with Crippen molar-refractivity contribution < 1.29 is 0 Å². The molecule has 2 aromatic rings. The molecule has 0 radical (unpaired) electrons. The van der Waals surface area contributed by atoms with Crippen molar-refractivity contribution in [2.75, 3.05) is 17.3 Å². The zero-order valence-corrected chi connectivity index (χ0v) is 13.0. The highest BCUT2D eigenvalue weighted by molar-refractivity contribution is 7.80. The Morgan fingerprint density at radius 2 is 1.85 bits per heavy atom. The molecule has 3 heteroatoms. The van der Waals surface area contributed by atoms with Gasteiger partial charge in [-0.1, -0.05) is 36.8 Å². The van der Waals surface area contributed by atoms with E-state index in [1.54, 1.807) is 0 Å². The molecule has 2 aromatic carbocycles. The molecule has 0 fully saturated rings. The Bertz CT molecular complexity index is 590. The zero-order chi connectivity index (χ0) is 14.5. The van der Waals surface area contributed by atoms with E-state index in [2.05, 4.69) is 61.6 Å². The Balaban J connectivity index is 2.09. The first-order chi connectivity index (χ1) is 9.60. The van der Waals surface area contributed by atoms with Gasteiger partial charge in [0.25, 0.3) is 0 Å². The van der Waals surface area contributed by atoms with E-state index >= 15 is 0 Å². The van der Waals surface area contributed by atoms with Crippen LogP contribution in [0.5, 0.6) is 0 Å². The second kappa shape index (κ2) is 6.53. The zero-order valence-electron chi connectivity index (χ0n) is 12.2. The third-order valence-electron chi connectivity index (χ3n) is 3.31. The van der Waals surface area contributed by atoms with Gasteiger partial charge < -0.3 is 10.2 Å². The van der Waals surface area contributed by atoms with E-state index in [-0.39, 0.29) is 0 Å². The Morgan fingerprint density at radius 1 is 1.15 bits per heavy atom. The van der Waals surface area contributed by atoms with Gasteiger partial charge in [0, 0.05) is 18.4 Å². The quantitative estimate of drug-likeness (QED) is 0.842. The summed E-state index contributed by atoms with van der Waals surface area (Å²) in [5.41, 5.74) is 4.67.